The minimum atomic E-state index is 0.662. The van der Waals surface area contributed by atoms with Crippen LogP contribution in [0.2, 0.25) is 0 Å². The Morgan fingerprint density at radius 3 is 2.71 bits per heavy atom. The third-order valence-electron chi connectivity index (χ3n) is 3.46. The molecule has 0 radical (unpaired) electrons. The van der Waals surface area contributed by atoms with E-state index in [1.165, 1.54) is 45.3 Å². The molecule has 0 saturated carbocycles. The molecule has 84 valence electrons. The maximum atomic E-state index is 3.52. The van der Waals surface area contributed by atoms with E-state index in [2.05, 4.69) is 31.0 Å². The average Bonchev–Trinajstić information content (AvgIpc) is 2.19. The Hall–Kier alpha value is -0.0800. The molecular formula is C12H26N2. The highest BCUT2D eigenvalue weighted by Gasteiger charge is 2.22. The molecule has 2 unspecified atom stereocenters. The zero-order valence-corrected chi connectivity index (χ0v) is 10.1. The Bertz CT molecular complexity index is 147. The highest BCUT2D eigenvalue weighted by atomic mass is 15.2. The summed E-state index contributed by atoms with van der Waals surface area (Å²) in [5.41, 5.74) is 0. The number of hydrogen-bond donors (Lipinski definition) is 1. The van der Waals surface area contributed by atoms with Crippen LogP contribution in [0.15, 0.2) is 0 Å². The van der Waals surface area contributed by atoms with Gasteiger partial charge in [0.05, 0.1) is 0 Å². The van der Waals surface area contributed by atoms with E-state index in [-0.39, 0.29) is 0 Å². The fraction of sp³-hybridized carbons (Fsp3) is 1.00. The molecule has 0 aliphatic carbocycles. The van der Waals surface area contributed by atoms with Crippen molar-refractivity contribution in [1.29, 1.82) is 0 Å². The van der Waals surface area contributed by atoms with Crippen molar-refractivity contribution in [3.8, 4) is 0 Å². The molecule has 0 aromatic carbocycles. The van der Waals surface area contributed by atoms with Crippen LogP contribution in [0.25, 0.3) is 0 Å². The van der Waals surface area contributed by atoms with Crippen LogP contribution in [0.1, 0.15) is 46.5 Å². The third kappa shape index (κ3) is 3.58. The minimum absolute atomic E-state index is 0.662. The van der Waals surface area contributed by atoms with Crippen LogP contribution in [0, 0.1) is 0 Å². The van der Waals surface area contributed by atoms with Crippen LogP contribution in [-0.4, -0.2) is 36.6 Å². The van der Waals surface area contributed by atoms with E-state index in [9.17, 15) is 0 Å². The Morgan fingerprint density at radius 2 is 2.00 bits per heavy atom. The molecule has 0 bridgehead atoms. The zero-order valence-electron chi connectivity index (χ0n) is 10.1. The first-order chi connectivity index (χ1) is 6.75. The van der Waals surface area contributed by atoms with E-state index in [1.54, 1.807) is 0 Å². The van der Waals surface area contributed by atoms with E-state index >= 15 is 0 Å². The lowest BCUT2D eigenvalue weighted by Crippen LogP contribution is -2.55. The van der Waals surface area contributed by atoms with Crippen LogP contribution in [-0.2, 0) is 0 Å². The van der Waals surface area contributed by atoms with Crippen LogP contribution in [0.4, 0.5) is 0 Å². The summed E-state index contributed by atoms with van der Waals surface area (Å²) < 4.78 is 0. The van der Waals surface area contributed by atoms with Gasteiger partial charge in [-0.15, -0.1) is 0 Å². The van der Waals surface area contributed by atoms with Gasteiger partial charge in [0.1, 0.15) is 0 Å². The van der Waals surface area contributed by atoms with Gasteiger partial charge < -0.3 is 5.32 Å². The number of hydrogen-bond acceptors (Lipinski definition) is 2. The maximum Gasteiger partial charge on any atom is 0.0218 e. The van der Waals surface area contributed by atoms with Gasteiger partial charge >= 0.3 is 0 Å². The first kappa shape index (κ1) is 12.0. The third-order valence-corrected chi connectivity index (χ3v) is 3.46. The summed E-state index contributed by atoms with van der Waals surface area (Å²) in [5.74, 6) is 0. The number of piperazine rings is 1. The molecule has 0 aromatic heterocycles. The monoisotopic (exact) mass is 198 g/mol. The molecule has 0 amide bonds. The number of rotatable bonds is 5. The Morgan fingerprint density at radius 1 is 1.21 bits per heavy atom. The van der Waals surface area contributed by atoms with E-state index < -0.39 is 0 Å². The zero-order chi connectivity index (χ0) is 10.4. The summed E-state index contributed by atoms with van der Waals surface area (Å²) in [4.78, 5) is 2.64. The van der Waals surface area contributed by atoms with E-state index in [1.807, 2.05) is 0 Å². The summed E-state index contributed by atoms with van der Waals surface area (Å²) in [6.45, 7) is 10.6. The van der Waals surface area contributed by atoms with Gasteiger partial charge in [0, 0.05) is 25.2 Å². The normalized spacial score (nSPS) is 29.4. The summed E-state index contributed by atoms with van der Waals surface area (Å²) in [7, 11) is 0. The van der Waals surface area contributed by atoms with Gasteiger partial charge in [-0.3, -0.25) is 4.90 Å². The molecule has 1 heterocycles. The molecule has 1 aliphatic rings. The maximum absolute atomic E-state index is 3.52. The molecular weight excluding hydrogens is 172 g/mol. The van der Waals surface area contributed by atoms with Crippen molar-refractivity contribution in [3.63, 3.8) is 0 Å². The lowest BCUT2D eigenvalue weighted by atomic mass is 10.1. The molecule has 1 rings (SSSR count). The topological polar surface area (TPSA) is 15.3 Å². The second-order valence-corrected chi connectivity index (χ2v) is 4.58. The first-order valence-corrected chi connectivity index (χ1v) is 6.23. The molecule has 1 saturated heterocycles. The standard InChI is InChI=1S/C12H26N2/c1-4-5-6-7-9-14-10-8-13-11(2)12(14)3/h11-13H,4-10H2,1-3H3. The smallest absolute Gasteiger partial charge is 0.0218 e. The van der Waals surface area contributed by atoms with Crippen LogP contribution in [0.5, 0.6) is 0 Å². The molecule has 2 atom stereocenters. The SMILES string of the molecule is CCCCCCN1CCNC(C)C1C. The van der Waals surface area contributed by atoms with Gasteiger partial charge in [-0.25, -0.2) is 0 Å². The first-order valence-electron chi connectivity index (χ1n) is 6.23. The molecule has 2 heteroatoms. The molecule has 1 N–H and O–H groups in total. The summed E-state index contributed by atoms with van der Waals surface area (Å²) in [6.07, 6.45) is 5.52. The number of unbranched alkanes of at least 4 members (excludes halogenated alkanes) is 3. The van der Waals surface area contributed by atoms with Crippen molar-refractivity contribution in [2.45, 2.75) is 58.5 Å². The highest BCUT2D eigenvalue weighted by molar-refractivity contribution is 4.83. The van der Waals surface area contributed by atoms with Gasteiger partial charge in [-0.05, 0) is 26.8 Å². The Balaban J connectivity index is 2.15. The van der Waals surface area contributed by atoms with Gasteiger partial charge in [-0.1, -0.05) is 26.2 Å². The van der Waals surface area contributed by atoms with Crippen molar-refractivity contribution >= 4 is 0 Å². The van der Waals surface area contributed by atoms with E-state index in [0.717, 1.165) is 0 Å². The van der Waals surface area contributed by atoms with E-state index in [4.69, 9.17) is 0 Å². The second-order valence-electron chi connectivity index (χ2n) is 4.58. The van der Waals surface area contributed by atoms with Gasteiger partial charge in [-0.2, -0.15) is 0 Å². The molecule has 14 heavy (non-hydrogen) atoms. The van der Waals surface area contributed by atoms with Gasteiger partial charge in [0.15, 0.2) is 0 Å². The Labute approximate surface area is 89.1 Å². The molecule has 1 fully saturated rings. The lowest BCUT2D eigenvalue weighted by Gasteiger charge is -2.38. The molecule has 0 aromatic rings. The molecule has 1 aliphatic heterocycles. The second kappa shape index (κ2) is 6.41. The predicted molar refractivity (Wildman–Crippen MR) is 62.6 cm³/mol. The van der Waals surface area contributed by atoms with Crippen molar-refractivity contribution in [3.05, 3.63) is 0 Å². The summed E-state index contributed by atoms with van der Waals surface area (Å²) in [6, 6.07) is 1.38. The fourth-order valence-electron chi connectivity index (χ4n) is 2.18. The van der Waals surface area contributed by atoms with Crippen molar-refractivity contribution in [2.24, 2.45) is 0 Å². The quantitative estimate of drug-likeness (QED) is 0.682. The van der Waals surface area contributed by atoms with Gasteiger partial charge in [0.2, 0.25) is 0 Å². The fourth-order valence-corrected chi connectivity index (χ4v) is 2.18. The predicted octanol–water partition coefficient (Wildman–Crippen LogP) is 2.25. The van der Waals surface area contributed by atoms with Crippen molar-refractivity contribution in [2.75, 3.05) is 19.6 Å². The Kier molecular flexibility index (Phi) is 5.49. The number of nitrogens with zero attached hydrogens (tertiary/aromatic N) is 1. The summed E-state index contributed by atoms with van der Waals surface area (Å²) >= 11 is 0. The van der Waals surface area contributed by atoms with Crippen LogP contribution >= 0.6 is 0 Å². The highest BCUT2D eigenvalue weighted by Crippen LogP contribution is 2.10. The number of nitrogens with one attached hydrogen (secondary N) is 1. The van der Waals surface area contributed by atoms with Crippen LogP contribution < -0.4 is 5.32 Å². The van der Waals surface area contributed by atoms with Crippen molar-refractivity contribution < 1.29 is 0 Å². The minimum Gasteiger partial charge on any atom is -0.311 e. The average molecular weight is 198 g/mol. The molecule has 0 spiro atoms. The summed E-state index contributed by atoms with van der Waals surface area (Å²) in [5, 5.41) is 3.52. The van der Waals surface area contributed by atoms with Crippen LogP contribution in [0.3, 0.4) is 0 Å². The largest absolute Gasteiger partial charge is 0.311 e. The van der Waals surface area contributed by atoms with Crippen molar-refractivity contribution in [1.82, 2.24) is 10.2 Å². The lowest BCUT2D eigenvalue weighted by molar-refractivity contribution is 0.136. The van der Waals surface area contributed by atoms with E-state index in [0.29, 0.717) is 12.1 Å². The van der Waals surface area contributed by atoms with Gasteiger partial charge in [0.25, 0.3) is 0 Å². The molecule has 2 nitrogen and oxygen atoms in total.